The van der Waals surface area contributed by atoms with Crippen LogP contribution in [-0.2, 0) is 0 Å². The summed E-state index contributed by atoms with van der Waals surface area (Å²) in [5, 5.41) is 3.56. The molecule has 56 valence electrons. The maximum atomic E-state index is 5.35. The van der Waals surface area contributed by atoms with Crippen molar-refractivity contribution in [2.75, 3.05) is 5.73 Å². The highest BCUT2D eigenvalue weighted by Crippen LogP contribution is 2.23. The molecule has 4 nitrogen and oxygen atoms in total. The Morgan fingerprint density at radius 3 is 2.82 bits per heavy atom. The number of anilines is 1. The summed E-state index contributed by atoms with van der Waals surface area (Å²) >= 11 is 2.80. The molecule has 0 aromatic carbocycles. The van der Waals surface area contributed by atoms with Crippen molar-refractivity contribution in [1.29, 1.82) is 0 Å². The van der Waals surface area contributed by atoms with Gasteiger partial charge in [-0.05, 0) is 11.5 Å². The Kier molecular flexibility index (Phi) is 1.55. The van der Waals surface area contributed by atoms with Gasteiger partial charge in [-0.3, -0.25) is 0 Å². The van der Waals surface area contributed by atoms with Crippen LogP contribution in [0.4, 0.5) is 5.95 Å². The second-order valence-corrected chi connectivity index (χ2v) is 3.44. The molecule has 11 heavy (non-hydrogen) atoms. The average molecular weight is 184 g/mol. The van der Waals surface area contributed by atoms with Crippen molar-refractivity contribution in [1.82, 2.24) is 14.3 Å². The third-order valence-corrected chi connectivity index (χ3v) is 2.70. The molecule has 0 atom stereocenters. The maximum Gasteiger partial charge on any atom is 0.232 e. The fraction of sp³-hybridized carbons (Fsp3) is 0. The van der Waals surface area contributed by atoms with Crippen LogP contribution in [0.3, 0.4) is 0 Å². The number of nitrogen functional groups attached to an aromatic ring is 1. The van der Waals surface area contributed by atoms with Gasteiger partial charge >= 0.3 is 0 Å². The number of aromatic nitrogens is 3. The van der Waals surface area contributed by atoms with Crippen LogP contribution in [0.5, 0.6) is 0 Å². The van der Waals surface area contributed by atoms with Crippen LogP contribution < -0.4 is 5.73 Å². The molecule has 2 heterocycles. The molecule has 0 fully saturated rings. The molecule has 0 spiro atoms. The minimum atomic E-state index is 0.320. The summed E-state index contributed by atoms with van der Waals surface area (Å²) in [7, 11) is 0. The quantitative estimate of drug-likeness (QED) is 0.724. The lowest BCUT2D eigenvalue weighted by molar-refractivity contribution is 1.32. The Morgan fingerprint density at radius 1 is 1.36 bits per heavy atom. The van der Waals surface area contributed by atoms with E-state index >= 15 is 0 Å². The van der Waals surface area contributed by atoms with Gasteiger partial charge in [0.2, 0.25) is 5.95 Å². The first-order valence-electron chi connectivity index (χ1n) is 2.85. The van der Waals surface area contributed by atoms with E-state index in [2.05, 4.69) is 14.3 Å². The fourth-order valence-corrected chi connectivity index (χ4v) is 1.91. The number of nitrogens with two attached hydrogens (primary N) is 1. The summed E-state index contributed by atoms with van der Waals surface area (Å²) in [6.45, 7) is 0. The Balaban J connectivity index is 2.45. The molecule has 0 saturated carbocycles. The third kappa shape index (κ3) is 1.22. The van der Waals surface area contributed by atoms with Gasteiger partial charge in [0.25, 0.3) is 0 Å². The Bertz CT molecular complexity index is 339. The van der Waals surface area contributed by atoms with Crippen LogP contribution in [0.1, 0.15) is 0 Å². The molecular formula is C5H4N4S2. The standard InChI is InChI=1S/C5H4N4S2/c6-5-8-4(11-9-5)3-7-1-2-10-3/h1-2H,(H2,6,9). The topological polar surface area (TPSA) is 64.7 Å². The second kappa shape index (κ2) is 2.55. The van der Waals surface area contributed by atoms with Gasteiger partial charge in [0.05, 0.1) is 0 Å². The second-order valence-electron chi connectivity index (χ2n) is 1.79. The zero-order valence-corrected chi connectivity index (χ0v) is 7.02. The van der Waals surface area contributed by atoms with Crippen molar-refractivity contribution in [3.05, 3.63) is 11.6 Å². The SMILES string of the molecule is Nc1nsc(-c2nccs2)n1. The van der Waals surface area contributed by atoms with Crippen LogP contribution in [-0.4, -0.2) is 14.3 Å². The Morgan fingerprint density at radius 2 is 2.27 bits per heavy atom. The van der Waals surface area contributed by atoms with Crippen molar-refractivity contribution in [3.8, 4) is 10.0 Å². The van der Waals surface area contributed by atoms with Gasteiger partial charge in [-0.2, -0.15) is 9.36 Å². The predicted molar refractivity (Wildman–Crippen MR) is 45.4 cm³/mol. The molecule has 0 saturated heterocycles. The molecule has 2 aromatic heterocycles. The number of hydrogen-bond acceptors (Lipinski definition) is 6. The first-order valence-corrected chi connectivity index (χ1v) is 4.50. The summed E-state index contributed by atoms with van der Waals surface area (Å²) in [6, 6.07) is 0. The zero-order chi connectivity index (χ0) is 7.68. The highest BCUT2D eigenvalue weighted by molar-refractivity contribution is 7.18. The van der Waals surface area contributed by atoms with Gasteiger partial charge in [-0.1, -0.05) is 0 Å². The maximum absolute atomic E-state index is 5.35. The number of hydrogen-bond donors (Lipinski definition) is 1. The van der Waals surface area contributed by atoms with E-state index in [1.54, 1.807) is 6.20 Å². The van der Waals surface area contributed by atoms with Crippen molar-refractivity contribution in [2.24, 2.45) is 0 Å². The first kappa shape index (κ1) is 6.68. The molecule has 0 aliphatic heterocycles. The van der Waals surface area contributed by atoms with Crippen molar-refractivity contribution in [2.45, 2.75) is 0 Å². The van der Waals surface area contributed by atoms with E-state index in [0.29, 0.717) is 5.95 Å². The van der Waals surface area contributed by atoms with Gasteiger partial charge < -0.3 is 5.73 Å². The van der Waals surface area contributed by atoms with E-state index in [-0.39, 0.29) is 0 Å². The molecule has 2 rings (SSSR count). The van der Waals surface area contributed by atoms with Crippen LogP contribution in [0.2, 0.25) is 0 Å². The fourth-order valence-electron chi connectivity index (χ4n) is 0.651. The lowest BCUT2D eigenvalue weighted by atomic mass is 10.7. The molecule has 2 aromatic rings. The zero-order valence-electron chi connectivity index (χ0n) is 5.39. The Labute approximate surface area is 70.9 Å². The lowest BCUT2D eigenvalue weighted by Crippen LogP contribution is -1.85. The van der Waals surface area contributed by atoms with Crippen LogP contribution in [0.25, 0.3) is 10.0 Å². The lowest BCUT2D eigenvalue weighted by Gasteiger charge is -1.81. The monoisotopic (exact) mass is 184 g/mol. The summed E-state index contributed by atoms with van der Waals surface area (Å²) in [5.74, 6) is 0.320. The number of nitrogens with zero attached hydrogens (tertiary/aromatic N) is 3. The molecule has 0 aliphatic rings. The largest absolute Gasteiger partial charge is 0.367 e. The van der Waals surface area contributed by atoms with E-state index in [1.165, 1.54) is 22.9 Å². The highest BCUT2D eigenvalue weighted by Gasteiger charge is 2.05. The first-order chi connectivity index (χ1) is 5.36. The predicted octanol–water partition coefficient (Wildman–Crippen LogP) is 1.24. The van der Waals surface area contributed by atoms with E-state index in [1.807, 2.05) is 5.38 Å². The van der Waals surface area contributed by atoms with Crippen LogP contribution >= 0.6 is 22.9 Å². The molecule has 6 heteroatoms. The number of rotatable bonds is 1. The number of thiazole rings is 1. The van der Waals surface area contributed by atoms with E-state index in [4.69, 9.17) is 5.73 Å². The van der Waals surface area contributed by atoms with Crippen LogP contribution in [0.15, 0.2) is 11.6 Å². The van der Waals surface area contributed by atoms with E-state index in [0.717, 1.165) is 10.0 Å². The van der Waals surface area contributed by atoms with Gasteiger partial charge in [-0.15, -0.1) is 11.3 Å². The summed E-state index contributed by atoms with van der Waals surface area (Å²) in [4.78, 5) is 8.06. The van der Waals surface area contributed by atoms with E-state index in [9.17, 15) is 0 Å². The van der Waals surface area contributed by atoms with E-state index < -0.39 is 0 Å². The normalized spacial score (nSPS) is 10.2. The molecule has 2 N–H and O–H groups in total. The van der Waals surface area contributed by atoms with Gasteiger partial charge in [0.15, 0.2) is 10.0 Å². The molecule has 0 unspecified atom stereocenters. The minimum Gasteiger partial charge on any atom is -0.367 e. The van der Waals surface area contributed by atoms with Crippen molar-refractivity contribution < 1.29 is 0 Å². The van der Waals surface area contributed by atoms with Gasteiger partial charge in [0.1, 0.15) is 0 Å². The Hall–Kier alpha value is -1.01. The third-order valence-electron chi connectivity index (χ3n) is 1.06. The summed E-state index contributed by atoms with van der Waals surface area (Å²) in [5.41, 5.74) is 5.35. The average Bonchev–Trinajstić information content (AvgIpc) is 2.55. The smallest absolute Gasteiger partial charge is 0.232 e. The molecule has 0 aliphatic carbocycles. The molecular weight excluding hydrogens is 180 g/mol. The van der Waals surface area contributed by atoms with Crippen molar-refractivity contribution >= 4 is 28.8 Å². The molecule has 0 bridgehead atoms. The van der Waals surface area contributed by atoms with Gasteiger partial charge in [0, 0.05) is 11.6 Å². The van der Waals surface area contributed by atoms with Gasteiger partial charge in [-0.25, -0.2) is 4.98 Å². The van der Waals surface area contributed by atoms with Crippen molar-refractivity contribution in [3.63, 3.8) is 0 Å². The summed E-state index contributed by atoms with van der Waals surface area (Å²) in [6.07, 6.45) is 1.73. The molecule has 0 radical (unpaired) electrons. The summed E-state index contributed by atoms with van der Waals surface area (Å²) < 4.78 is 3.85. The molecule has 0 amide bonds. The minimum absolute atomic E-state index is 0.320. The highest BCUT2D eigenvalue weighted by atomic mass is 32.1. The van der Waals surface area contributed by atoms with Crippen LogP contribution in [0, 0.1) is 0 Å².